The van der Waals surface area contributed by atoms with Gasteiger partial charge in [0.25, 0.3) is 0 Å². The summed E-state index contributed by atoms with van der Waals surface area (Å²) < 4.78 is 0. The lowest BCUT2D eigenvalue weighted by Gasteiger charge is -2.22. The number of rotatable bonds is 6. The molecule has 1 saturated carbocycles. The summed E-state index contributed by atoms with van der Waals surface area (Å²) in [7, 11) is 0. The van der Waals surface area contributed by atoms with Crippen LogP contribution >= 0.6 is 11.6 Å². The average molecular weight is 423 g/mol. The number of carboxylic acids is 1. The maximum Gasteiger partial charge on any atom is 0.307 e. The van der Waals surface area contributed by atoms with Crippen LogP contribution < -0.4 is 0 Å². The van der Waals surface area contributed by atoms with Gasteiger partial charge in [0.2, 0.25) is 0 Å². The molecule has 4 heteroatoms. The number of halogens is 1. The van der Waals surface area contributed by atoms with Crippen LogP contribution in [-0.4, -0.2) is 21.8 Å². The number of hydrogen-bond donors (Lipinski definition) is 2. The second kappa shape index (κ2) is 8.41. The molecule has 0 unspecified atom stereocenters. The van der Waals surface area contributed by atoms with Gasteiger partial charge in [-0.2, -0.15) is 0 Å². The lowest BCUT2D eigenvalue weighted by atomic mass is 9.87. The van der Waals surface area contributed by atoms with Crippen LogP contribution in [0.3, 0.4) is 0 Å². The van der Waals surface area contributed by atoms with Gasteiger partial charge in [0.1, 0.15) is 0 Å². The van der Waals surface area contributed by atoms with Gasteiger partial charge < -0.3 is 10.2 Å². The van der Waals surface area contributed by atoms with Crippen molar-refractivity contribution in [3.63, 3.8) is 0 Å². The van der Waals surface area contributed by atoms with Crippen LogP contribution in [0.4, 0.5) is 0 Å². The molecule has 156 valence electrons. The summed E-state index contributed by atoms with van der Waals surface area (Å²) in [6, 6.07) is 16.1. The molecule has 3 aromatic carbocycles. The van der Waals surface area contributed by atoms with Crippen LogP contribution in [0.1, 0.15) is 48.8 Å². The van der Waals surface area contributed by atoms with Crippen molar-refractivity contribution in [2.24, 2.45) is 0 Å². The zero-order chi connectivity index (χ0) is 21.3. The van der Waals surface area contributed by atoms with Crippen LogP contribution in [0.5, 0.6) is 0 Å². The Bertz CT molecular complexity index is 1080. The van der Waals surface area contributed by atoms with Gasteiger partial charge in [0.15, 0.2) is 0 Å². The summed E-state index contributed by atoms with van der Waals surface area (Å²) in [5.74, 6) is -0.840. The minimum Gasteiger partial charge on any atom is -0.481 e. The number of benzene rings is 3. The summed E-state index contributed by atoms with van der Waals surface area (Å²) in [5.41, 5.74) is 4.38. The average Bonchev–Trinajstić information content (AvgIpc) is 3.14. The second-order valence-electron chi connectivity index (χ2n) is 8.61. The van der Waals surface area contributed by atoms with E-state index in [0.29, 0.717) is 5.02 Å². The first-order chi connectivity index (χ1) is 14.3. The summed E-state index contributed by atoms with van der Waals surface area (Å²) in [4.78, 5) is 11.6. The molecule has 0 spiro atoms. The Labute approximate surface area is 182 Å². The number of aliphatic hydroxyl groups is 1. The number of carbonyl (C=O) groups is 1. The van der Waals surface area contributed by atoms with Crippen LogP contribution in [-0.2, 0) is 17.6 Å². The Hall–Kier alpha value is -2.36. The maximum atomic E-state index is 11.6. The molecule has 0 amide bonds. The molecule has 4 rings (SSSR count). The molecule has 3 aromatic rings. The Morgan fingerprint density at radius 3 is 2.43 bits per heavy atom. The number of fused-ring (bicyclic) bond motifs is 1. The highest BCUT2D eigenvalue weighted by atomic mass is 35.5. The zero-order valence-electron chi connectivity index (χ0n) is 17.2. The molecule has 0 aliphatic heterocycles. The van der Waals surface area contributed by atoms with Crippen LogP contribution in [0.25, 0.3) is 21.9 Å². The van der Waals surface area contributed by atoms with Crippen molar-refractivity contribution in [1.29, 1.82) is 0 Å². The number of carboxylic acid groups (broad SMARTS) is 1. The first kappa shape index (κ1) is 20.9. The number of aryl methyl sites for hydroxylation is 2. The van der Waals surface area contributed by atoms with E-state index in [-0.39, 0.29) is 6.42 Å². The largest absolute Gasteiger partial charge is 0.481 e. The van der Waals surface area contributed by atoms with Crippen molar-refractivity contribution < 1.29 is 15.0 Å². The molecule has 1 fully saturated rings. The molecule has 0 heterocycles. The van der Waals surface area contributed by atoms with Crippen molar-refractivity contribution in [2.75, 3.05) is 0 Å². The van der Waals surface area contributed by atoms with E-state index in [1.54, 1.807) is 0 Å². The smallest absolute Gasteiger partial charge is 0.307 e. The van der Waals surface area contributed by atoms with Gasteiger partial charge in [-0.15, -0.1) is 0 Å². The SMILES string of the molecule is Cc1cc2ccc(CCC3(O)CCCC3)cc2c(-c2ccc(Cl)cc2)c1CC(=O)O. The molecule has 2 N–H and O–H groups in total. The quantitative estimate of drug-likeness (QED) is 0.487. The third kappa shape index (κ3) is 4.38. The zero-order valence-corrected chi connectivity index (χ0v) is 18.0. The number of hydrogen-bond acceptors (Lipinski definition) is 2. The second-order valence-corrected chi connectivity index (χ2v) is 9.05. The van der Waals surface area contributed by atoms with E-state index in [9.17, 15) is 15.0 Å². The molecular weight excluding hydrogens is 396 g/mol. The van der Waals surface area contributed by atoms with Gasteiger partial charge in [-0.3, -0.25) is 4.79 Å². The van der Waals surface area contributed by atoms with Crippen molar-refractivity contribution in [1.82, 2.24) is 0 Å². The highest BCUT2D eigenvalue weighted by Gasteiger charge is 2.30. The van der Waals surface area contributed by atoms with Crippen molar-refractivity contribution >= 4 is 28.3 Å². The fourth-order valence-electron chi connectivity index (χ4n) is 4.77. The van der Waals surface area contributed by atoms with E-state index in [2.05, 4.69) is 24.3 Å². The summed E-state index contributed by atoms with van der Waals surface area (Å²) >= 11 is 6.10. The topological polar surface area (TPSA) is 57.5 Å². The molecule has 1 aliphatic rings. The summed E-state index contributed by atoms with van der Waals surface area (Å²) in [6.07, 6.45) is 5.54. The normalized spacial score (nSPS) is 15.6. The van der Waals surface area contributed by atoms with E-state index in [1.807, 2.05) is 31.2 Å². The summed E-state index contributed by atoms with van der Waals surface area (Å²) in [6.45, 7) is 1.97. The van der Waals surface area contributed by atoms with E-state index >= 15 is 0 Å². The molecule has 0 saturated heterocycles. The standard InChI is InChI=1S/C26H27ClO3/c1-17-14-20-5-4-18(10-13-26(30)11-2-3-12-26)15-23(20)25(22(17)16-24(28)29)19-6-8-21(27)9-7-19/h4-9,14-15,30H,2-3,10-13,16H2,1H3,(H,28,29). The summed E-state index contributed by atoms with van der Waals surface area (Å²) in [5, 5.41) is 23.0. The van der Waals surface area contributed by atoms with Crippen LogP contribution in [0.2, 0.25) is 5.02 Å². The first-order valence-electron chi connectivity index (χ1n) is 10.6. The molecule has 0 aromatic heterocycles. The predicted octanol–water partition coefficient (Wildman–Crippen LogP) is 6.33. The minimum atomic E-state index is -0.840. The highest BCUT2D eigenvalue weighted by Crippen LogP contribution is 2.37. The van der Waals surface area contributed by atoms with E-state index < -0.39 is 11.6 Å². The van der Waals surface area contributed by atoms with Gasteiger partial charge in [0, 0.05) is 5.02 Å². The van der Waals surface area contributed by atoms with Gasteiger partial charge in [-0.25, -0.2) is 0 Å². The molecule has 0 radical (unpaired) electrons. The van der Waals surface area contributed by atoms with Crippen molar-refractivity contribution in [3.05, 3.63) is 70.2 Å². The monoisotopic (exact) mass is 422 g/mol. The van der Waals surface area contributed by atoms with Crippen LogP contribution in [0, 0.1) is 6.92 Å². The van der Waals surface area contributed by atoms with Crippen LogP contribution in [0.15, 0.2) is 48.5 Å². The van der Waals surface area contributed by atoms with Crippen molar-refractivity contribution in [2.45, 2.75) is 57.5 Å². The third-order valence-corrected chi connectivity index (χ3v) is 6.66. The van der Waals surface area contributed by atoms with Gasteiger partial charge >= 0.3 is 5.97 Å². The van der Waals surface area contributed by atoms with E-state index in [0.717, 1.165) is 71.6 Å². The maximum absolute atomic E-state index is 11.6. The number of aliphatic carboxylic acids is 1. The predicted molar refractivity (Wildman–Crippen MR) is 122 cm³/mol. The Kier molecular flexibility index (Phi) is 5.86. The Balaban J connectivity index is 1.82. The molecule has 0 atom stereocenters. The fourth-order valence-corrected chi connectivity index (χ4v) is 4.89. The molecule has 30 heavy (non-hydrogen) atoms. The van der Waals surface area contributed by atoms with Crippen molar-refractivity contribution in [3.8, 4) is 11.1 Å². The highest BCUT2D eigenvalue weighted by molar-refractivity contribution is 6.30. The third-order valence-electron chi connectivity index (χ3n) is 6.41. The Morgan fingerprint density at radius 2 is 1.77 bits per heavy atom. The van der Waals surface area contributed by atoms with Gasteiger partial charge in [-0.1, -0.05) is 60.8 Å². The first-order valence-corrected chi connectivity index (χ1v) is 11.0. The van der Waals surface area contributed by atoms with E-state index in [4.69, 9.17) is 11.6 Å². The van der Waals surface area contributed by atoms with E-state index in [1.165, 1.54) is 5.56 Å². The molecule has 0 bridgehead atoms. The molecular formula is C26H27ClO3. The van der Waals surface area contributed by atoms with Gasteiger partial charge in [0.05, 0.1) is 12.0 Å². The fraction of sp³-hybridized carbons (Fsp3) is 0.346. The molecule has 1 aliphatic carbocycles. The lowest BCUT2D eigenvalue weighted by Crippen LogP contribution is -2.24. The Morgan fingerprint density at radius 1 is 1.07 bits per heavy atom. The van der Waals surface area contributed by atoms with Gasteiger partial charge in [-0.05, 0) is 83.3 Å². The lowest BCUT2D eigenvalue weighted by molar-refractivity contribution is -0.136. The minimum absolute atomic E-state index is 0.0241. The molecule has 3 nitrogen and oxygen atoms in total.